The Labute approximate surface area is 214 Å². The number of hydrogen-bond acceptors (Lipinski definition) is 8. The van der Waals surface area contributed by atoms with Gasteiger partial charge in [0.2, 0.25) is 11.9 Å². The van der Waals surface area contributed by atoms with Gasteiger partial charge in [-0.05, 0) is 30.9 Å². The number of methoxy groups -OCH3 is 1. The molecule has 3 rings (SSSR count). The maximum absolute atomic E-state index is 12.3. The molecule has 0 aliphatic carbocycles. The fraction of sp³-hybridized carbons (Fsp3) is 0.346. The number of carbonyl (C=O) groups is 4. The van der Waals surface area contributed by atoms with Crippen molar-refractivity contribution >= 4 is 30.0 Å². The van der Waals surface area contributed by atoms with Gasteiger partial charge in [-0.3, -0.25) is 20.4 Å². The van der Waals surface area contributed by atoms with E-state index in [2.05, 4.69) is 20.9 Å². The zero-order valence-electron chi connectivity index (χ0n) is 20.7. The van der Waals surface area contributed by atoms with Crippen LogP contribution in [0.25, 0.3) is 0 Å². The molecule has 1 heterocycles. The summed E-state index contributed by atoms with van der Waals surface area (Å²) in [5.41, 5.74) is 0.657. The first-order valence-electron chi connectivity index (χ1n) is 11.7. The minimum atomic E-state index is -0.924. The van der Waals surface area contributed by atoms with Crippen LogP contribution in [-0.4, -0.2) is 49.7 Å². The molecule has 2 aromatic carbocycles. The van der Waals surface area contributed by atoms with Crippen LogP contribution < -0.4 is 16.0 Å². The second-order valence-electron chi connectivity index (χ2n) is 8.55. The number of hydrogen-bond donors (Lipinski definition) is 3. The monoisotopic (exact) mass is 510 g/mol. The first-order chi connectivity index (χ1) is 17.8. The van der Waals surface area contributed by atoms with Crippen molar-refractivity contribution in [2.24, 2.45) is 10.4 Å². The zero-order chi connectivity index (χ0) is 26.7. The largest absolute Gasteiger partial charge is 0.467 e. The van der Waals surface area contributed by atoms with Crippen LogP contribution in [0, 0.1) is 5.41 Å². The van der Waals surface area contributed by atoms with Crippen LogP contribution in [-0.2, 0) is 37.0 Å². The Balaban J connectivity index is 1.57. The van der Waals surface area contributed by atoms with Crippen molar-refractivity contribution in [3.8, 4) is 0 Å². The number of alkyl carbamates (subject to hydrolysis) is 2. The number of guanidine groups is 1. The third kappa shape index (κ3) is 7.79. The number of rotatable bonds is 9. The Kier molecular flexibility index (Phi) is 9.59. The highest BCUT2D eigenvalue weighted by molar-refractivity contribution is 6.01. The fourth-order valence-corrected chi connectivity index (χ4v) is 3.66. The normalized spacial score (nSPS) is 17.9. The summed E-state index contributed by atoms with van der Waals surface area (Å²) in [5, 5.41) is 7.37. The van der Waals surface area contributed by atoms with E-state index in [0.29, 0.717) is 12.8 Å². The first-order valence-corrected chi connectivity index (χ1v) is 11.7. The third-order valence-electron chi connectivity index (χ3n) is 5.86. The van der Waals surface area contributed by atoms with Gasteiger partial charge in [0.1, 0.15) is 19.3 Å². The summed E-state index contributed by atoms with van der Waals surface area (Å²) in [6.07, 6.45) is -0.904. The van der Waals surface area contributed by atoms with Gasteiger partial charge < -0.3 is 19.5 Å². The van der Waals surface area contributed by atoms with Gasteiger partial charge in [0, 0.05) is 6.54 Å². The maximum Gasteiger partial charge on any atom is 0.414 e. The minimum absolute atomic E-state index is 0.0286. The van der Waals surface area contributed by atoms with Gasteiger partial charge in [0.25, 0.3) is 0 Å². The molecule has 1 saturated heterocycles. The Hall–Kier alpha value is -4.41. The van der Waals surface area contributed by atoms with Gasteiger partial charge in [-0.1, -0.05) is 60.7 Å². The molecule has 1 aliphatic rings. The highest BCUT2D eigenvalue weighted by Crippen LogP contribution is 2.36. The fourth-order valence-electron chi connectivity index (χ4n) is 3.66. The van der Waals surface area contributed by atoms with Crippen LogP contribution in [0.1, 0.15) is 30.9 Å². The number of ether oxygens (including phenoxy) is 3. The molecule has 0 bridgehead atoms. The standard InChI is InChI=1S/C26H30N4O7/c1-26(20(21(31)35-2)28-22(26)32)14-9-15-27-23(29-24(33)36-16-18-10-5-3-6-11-18)30-25(34)37-17-19-12-7-4-8-13-19/h3-8,10-13,20H,9,14-17H2,1-2H3,(H,28,32)(H2,27,29,30,33,34)/t20?,26-/m1/s1. The minimum Gasteiger partial charge on any atom is -0.467 e. The molecular weight excluding hydrogens is 480 g/mol. The average Bonchev–Trinajstić information content (AvgIpc) is 2.92. The number of nitrogens with one attached hydrogen (secondary N) is 3. The Morgan fingerprint density at radius 1 is 0.919 bits per heavy atom. The van der Waals surface area contributed by atoms with Crippen LogP contribution in [0.5, 0.6) is 0 Å². The van der Waals surface area contributed by atoms with E-state index in [-0.39, 0.29) is 31.6 Å². The lowest BCUT2D eigenvalue weighted by molar-refractivity contribution is -0.163. The quantitative estimate of drug-likeness (QED) is 0.117. The molecular formula is C26H30N4O7. The molecule has 0 saturated carbocycles. The topological polar surface area (TPSA) is 144 Å². The van der Waals surface area contributed by atoms with E-state index in [1.165, 1.54) is 7.11 Å². The predicted octanol–water partition coefficient (Wildman–Crippen LogP) is 2.65. The molecule has 196 valence electrons. The Morgan fingerprint density at radius 3 is 1.89 bits per heavy atom. The molecule has 0 aromatic heterocycles. The summed E-state index contributed by atoms with van der Waals surface area (Å²) < 4.78 is 15.1. The second kappa shape index (κ2) is 13.1. The molecule has 11 nitrogen and oxygen atoms in total. The van der Waals surface area contributed by atoms with Crippen molar-refractivity contribution in [3.63, 3.8) is 0 Å². The number of benzene rings is 2. The number of carbonyl (C=O) groups excluding carboxylic acids is 4. The van der Waals surface area contributed by atoms with E-state index in [0.717, 1.165) is 11.1 Å². The van der Waals surface area contributed by atoms with Crippen LogP contribution in [0.2, 0.25) is 0 Å². The van der Waals surface area contributed by atoms with Gasteiger partial charge in [0.15, 0.2) is 0 Å². The van der Waals surface area contributed by atoms with Crippen LogP contribution in [0.3, 0.4) is 0 Å². The molecule has 2 atom stereocenters. The molecule has 3 amide bonds. The summed E-state index contributed by atoms with van der Waals surface area (Å²) in [6, 6.07) is 17.5. The van der Waals surface area contributed by atoms with E-state index >= 15 is 0 Å². The summed E-state index contributed by atoms with van der Waals surface area (Å²) in [5.74, 6) is -0.932. The molecule has 2 aromatic rings. The Bertz CT molecular complexity index is 1060. The van der Waals surface area contributed by atoms with E-state index < -0.39 is 29.6 Å². The summed E-state index contributed by atoms with van der Waals surface area (Å²) >= 11 is 0. The SMILES string of the molecule is COC(=O)C1NC(=O)[C@]1(C)CCCN=C(NC(=O)OCc1ccccc1)NC(=O)OCc1ccccc1. The molecule has 0 radical (unpaired) electrons. The van der Waals surface area contributed by atoms with Crippen molar-refractivity contribution in [2.75, 3.05) is 13.7 Å². The van der Waals surface area contributed by atoms with Crippen molar-refractivity contribution in [1.29, 1.82) is 0 Å². The lowest BCUT2D eigenvalue weighted by Gasteiger charge is -2.44. The maximum atomic E-state index is 12.3. The first kappa shape index (κ1) is 27.2. The van der Waals surface area contributed by atoms with Crippen molar-refractivity contribution in [3.05, 3.63) is 71.8 Å². The highest BCUT2D eigenvalue weighted by Gasteiger charge is 2.54. The molecule has 1 aliphatic heterocycles. The smallest absolute Gasteiger partial charge is 0.414 e. The van der Waals surface area contributed by atoms with E-state index in [4.69, 9.17) is 14.2 Å². The van der Waals surface area contributed by atoms with Gasteiger partial charge in [0.05, 0.1) is 12.5 Å². The second-order valence-corrected chi connectivity index (χ2v) is 8.55. The lowest BCUT2D eigenvalue weighted by atomic mass is 9.71. The number of β-lactam (4-membered cyclic amide) rings is 1. The van der Waals surface area contributed by atoms with Crippen molar-refractivity contribution < 1.29 is 33.4 Å². The number of aliphatic imine (C=N–C) groups is 1. The van der Waals surface area contributed by atoms with E-state index in [1.54, 1.807) is 31.2 Å². The number of esters is 1. The molecule has 1 unspecified atom stereocenters. The molecule has 0 spiro atoms. The zero-order valence-corrected chi connectivity index (χ0v) is 20.7. The molecule has 3 N–H and O–H groups in total. The van der Waals surface area contributed by atoms with Crippen LogP contribution in [0.15, 0.2) is 65.7 Å². The predicted molar refractivity (Wildman–Crippen MR) is 133 cm³/mol. The van der Waals surface area contributed by atoms with Gasteiger partial charge in [-0.25, -0.2) is 14.4 Å². The number of amides is 3. The van der Waals surface area contributed by atoms with Crippen LogP contribution >= 0.6 is 0 Å². The van der Waals surface area contributed by atoms with Crippen molar-refractivity contribution in [1.82, 2.24) is 16.0 Å². The average molecular weight is 511 g/mol. The number of nitrogens with zero attached hydrogens (tertiary/aromatic N) is 1. The van der Waals surface area contributed by atoms with E-state index in [9.17, 15) is 19.2 Å². The van der Waals surface area contributed by atoms with Gasteiger partial charge in [-0.15, -0.1) is 0 Å². The third-order valence-corrected chi connectivity index (χ3v) is 5.86. The summed E-state index contributed by atoms with van der Waals surface area (Å²) in [4.78, 5) is 52.8. The Morgan fingerprint density at radius 2 is 1.43 bits per heavy atom. The van der Waals surface area contributed by atoms with Gasteiger partial charge >= 0.3 is 18.2 Å². The summed E-state index contributed by atoms with van der Waals surface area (Å²) in [6.45, 7) is 1.88. The van der Waals surface area contributed by atoms with E-state index in [1.807, 2.05) is 36.4 Å². The molecule has 37 heavy (non-hydrogen) atoms. The van der Waals surface area contributed by atoms with Crippen molar-refractivity contribution in [2.45, 2.75) is 39.0 Å². The lowest BCUT2D eigenvalue weighted by Crippen LogP contribution is -2.69. The highest BCUT2D eigenvalue weighted by atomic mass is 16.6. The summed E-state index contributed by atoms with van der Waals surface area (Å²) in [7, 11) is 1.26. The van der Waals surface area contributed by atoms with Crippen LogP contribution in [0.4, 0.5) is 9.59 Å². The van der Waals surface area contributed by atoms with Gasteiger partial charge in [-0.2, -0.15) is 0 Å². The molecule has 11 heteroatoms. The molecule has 1 fully saturated rings.